The zero-order chi connectivity index (χ0) is 18.9. The molecule has 1 atom stereocenters. The van der Waals surface area contributed by atoms with Crippen molar-refractivity contribution in [2.24, 2.45) is 4.99 Å². The van der Waals surface area contributed by atoms with E-state index in [0.29, 0.717) is 32.2 Å². The third kappa shape index (κ3) is 6.11. The highest BCUT2D eigenvalue weighted by Gasteiger charge is 2.20. The number of fused-ring (bicyclic) bond motifs is 1. The van der Waals surface area contributed by atoms with Crippen LogP contribution in [0.25, 0.3) is 0 Å². The first-order valence-electron chi connectivity index (χ1n) is 9.18. The van der Waals surface area contributed by atoms with Crippen molar-refractivity contribution in [3.05, 3.63) is 49.1 Å². The summed E-state index contributed by atoms with van der Waals surface area (Å²) in [6.07, 6.45) is 4.28. The molecule has 0 fully saturated rings. The van der Waals surface area contributed by atoms with Crippen molar-refractivity contribution in [1.82, 2.24) is 25.4 Å². The van der Waals surface area contributed by atoms with Gasteiger partial charge >= 0.3 is 0 Å². The molecule has 0 saturated heterocycles. The molecule has 28 heavy (non-hydrogen) atoms. The Kier molecular flexibility index (Phi) is 9.05. The molecule has 0 bridgehead atoms. The van der Waals surface area contributed by atoms with Crippen LogP contribution < -0.4 is 20.1 Å². The van der Waals surface area contributed by atoms with E-state index in [2.05, 4.69) is 39.3 Å². The van der Waals surface area contributed by atoms with E-state index in [1.807, 2.05) is 28.8 Å². The summed E-state index contributed by atoms with van der Waals surface area (Å²) in [4.78, 5) is 4.62. The molecule has 0 spiro atoms. The minimum Gasteiger partial charge on any atom is -0.486 e. The number of nitrogens with one attached hydrogen (secondary N) is 2. The first-order valence-corrected chi connectivity index (χ1v) is 9.18. The summed E-state index contributed by atoms with van der Waals surface area (Å²) in [6, 6.07) is 7.68. The van der Waals surface area contributed by atoms with Gasteiger partial charge in [-0.1, -0.05) is 25.1 Å². The molecule has 9 heteroatoms. The fraction of sp³-hybridized carbons (Fsp3) is 0.421. The van der Waals surface area contributed by atoms with Crippen LogP contribution in [0, 0.1) is 0 Å². The first-order chi connectivity index (χ1) is 13.3. The highest BCUT2D eigenvalue weighted by molar-refractivity contribution is 14.0. The smallest absolute Gasteiger partial charge is 0.191 e. The lowest BCUT2D eigenvalue weighted by molar-refractivity contribution is 0.0971. The van der Waals surface area contributed by atoms with Gasteiger partial charge in [0.05, 0.1) is 6.54 Å². The van der Waals surface area contributed by atoms with E-state index in [4.69, 9.17) is 9.47 Å². The number of rotatable bonds is 8. The van der Waals surface area contributed by atoms with Gasteiger partial charge in [-0.15, -0.1) is 40.8 Å². The van der Waals surface area contributed by atoms with Gasteiger partial charge in [-0.2, -0.15) is 0 Å². The van der Waals surface area contributed by atoms with Gasteiger partial charge in [0.25, 0.3) is 0 Å². The fourth-order valence-corrected chi connectivity index (χ4v) is 2.72. The highest BCUT2D eigenvalue weighted by Crippen LogP contribution is 2.30. The molecule has 0 radical (unpaired) electrons. The van der Waals surface area contributed by atoms with E-state index < -0.39 is 0 Å². The van der Waals surface area contributed by atoms with Crippen LogP contribution in [0.15, 0.2) is 48.2 Å². The number of ether oxygens (including phenoxy) is 2. The molecule has 2 N–H and O–H groups in total. The molecule has 0 aliphatic carbocycles. The topological polar surface area (TPSA) is 85.6 Å². The Balaban J connectivity index is 0.00000280. The second kappa shape index (κ2) is 11.5. The average molecular weight is 498 g/mol. The van der Waals surface area contributed by atoms with Crippen LogP contribution in [0.2, 0.25) is 0 Å². The number of hydrogen-bond acceptors (Lipinski definition) is 5. The minimum absolute atomic E-state index is 0. The molecule has 1 aromatic carbocycles. The van der Waals surface area contributed by atoms with E-state index in [1.54, 1.807) is 12.4 Å². The van der Waals surface area contributed by atoms with Crippen LogP contribution in [0.5, 0.6) is 11.5 Å². The number of halogens is 1. The second-order valence-electron chi connectivity index (χ2n) is 6.08. The van der Waals surface area contributed by atoms with E-state index in [9.17, 15) is 0 Å². The zero-order valence-electron chi connectivity index (χ0n) is 16.0. The first kappa shape index (κ1) is 22.0. The number of aliphatic imine (C=N–C) groups is 1. The number of para-hydroxylation sites is 2. The molecule has 0 saturated carbocycles. The summed E-state index contributed by atoms with van der Waals surface area (Å²) >= 11 is 0. The van der Waals surface area contributed by atoms with Crippen molar-refractivity contribution in [3.63, 3.8) is 0 Å². The summed E-state index contributed by atoms with van der Waals surface area (Å²) in [6.45, 7) is 8.88. The van der Waals surface area contributed by atoms with E-state index >= 15 is 0 Å². The summed E-state index contributed by atoms with van der Waals surface area (Å²) in [5.74, 6) is 3.22. The Morgan fingerprint density at radius 2 is 2.18 bits per heavy atom. The lowest BCUT2D eigenvalue weighted by Gasteiger charge is -2.25. The average Bonchev–Trinajstić information content (AvgIpc) is 3.17. The summed E-state index contributed by atoms with van der Waals surface area (Å²) < 4.78 is 13.7. The number of guanidine groups is 1. The third-order valence-electron chi connectivity index (χ3n) is 4.09. The Labute approximate surface area is 182 Å². The monoisotopic (exact) mass is 498 g/mol. The van der Waals surface area contributed by atoms with Crippen molar-refractivity contribution in [1.29, 1.82) is 0 Å². The maximum Gasteiger partial charge on any atom is 0.191 e. The Morgan fingerprint density at radius 3 is 2.96 bits per heavy atom. The van der Waals surface area contributed by atoms with Crippen molar-refractivity contribution in [3.8, 4) is 11.5 Å². The molecule has 2 heterocycles. The van der Waals surface area contributed by atoms with Gasteiger partial charge in [0, 0.05) is 26.1 Å². The molecular formula is C19H27IN6O2. The maximum atomic E-state index is 5.95. The third-order valence-corrected chi connectivity index (χ3v) is 4.09. The van der Waals surface area contributed by atoms with Crippen LogP contribution in [-0.2, 0) is 13.0 Å². The van der Waals surface area contributed by atoms with Crippen molar-refractivity contribution >= 4 is 29.9 Å². The van der Waals surface area contributed by atoms with Gasteiger partial charge in [0.1, 0.15) is 18.8 Å². The zero-order valence-corrected chi connectivity index (χ0v) is 18.3. The Morgan fingerprint density at radius 1 is 1.36 bits per heavy atom. The lowest BCUT2D eigenvalue weighted by atomic mass is 10.2. The fourth-order valence-electron chi connectivity index (χ4n) is 2.72. The number of nitrogens with zero attached hydrogens (tertiary/aromatic N) is 4. The van der Waals surface area contributed by atoms with E-state index in [1.165, 1.54) is 0 Å². The lowest BCUT2D eigenvalue weighted by Crippen LogP contribution is -2.40. The second-order valence-corrected chi connectivity index (χ2v) is 6.08. The van der Waals surface area contributed by atoms with Gasteiger partial charge in [0.15, 0.2) is 23.6 Å². The predicted molar refractivity (Wildman–Crippen MR) is 120 cm³/mol. The number of aromatic nitrogens is 3. The maximum absolute atomic E-state index is 5.95. The van der Waals surface area contributed by atoms with Crippen LogP contribution in [0.1, 0.15) is 12.7 Å². The number of hydrogen-bond donors (Lipinski definition) is 2. The Bertz CT molecular complexity index is 779. The van der Waals surface area contributed by atoms with Gasteiger partial charge in [0.2, 0.25) is 0 Å². The SMILES string of the molecule is C=CCNC(=NCC1COc2ccccc2O1)NCCn1cnnc1CC.I. The largest absolute Gasteiger partial charge is 0.486 e. The predicted octanol–water partition coefficient (Wildman–Crippen LogP) is 2.02. The standard InChI is InChI=1S/C19H26N6O2.HI/c1-3-9-20-19(21-10-11-25-14-23-24-18(25)4-2)22-12-15-13-26-16-7-5-6-8-17(16)27-15;/h3,5-8,14-15H,1,4,9-13H2,2H3,(H2,20,21,22);1H. The van der Waals surface area contributed by atoms with Crippen molar-refractivity contribution < 1.29 is 9.47 Å². The molecule has 152 valence electrons. The molecule has 1 aliphatic heterocycles. The van der Waals surface area contributed by atoms with Crippen LogP contribution >= 0.6 is 24.0 Å². The van der Waals surface area contributed by atoms with Gasteiger partial charge in [-0.3, -0.25) is 0 Å². The molecule has 2 aromatic rings. The quantitative estimate of drug-likeness (QED) is 0.251. The molecule has 0 amide bonds. The summed E-state index contributed by atoms with van der Waals surface area (Å²) in [5, 5.41) is 14.6. The van der Waals surface area contributed by atoms with E-state index in [-0.39, 0.29) is 30.1 Å². The molecule has 1 aliphatic rings. The number of benzene rings is 1. The highest BCUT2D eigenvalue weighted by atomic mass is 127. The van der Waals surface area contributed by atoms with Gasteiger partial charge in [-0.05, 0) is 12.1 Å². The van der Waals surface area contributed by atoms with Crippen LogP contribution in [-0.4, -0.2) is 53.1 Å². The van der Waals surface area contributed by atoms with Crippen molar-refractivity contribution in [2.45, 2.75) is 26.0 Å². The summed E-state index contributed by atoms with van der Waals surface area (Å²) in [7, 11) is 0. The van der Waals surface area contributed by atoms with E-state index in [0.717, 1.165) is 30.3 Å². The molecule has 1 unspecified atom stereocenters. The van der Waals surface area contributed by atoms with Crippen LogP contribution in [0.4, 0.5) is 0 Å². The number of aryl methyl sites for hydroxylation is 1. The van der Waals surface area contributed by atoms with Gasteiger partial charge < -0.3 is 24.7 Å². The molecule has 3 rings (SSSR count). The van der Waals surface area contributed by atoms with Crippen LogP contribution in [0.3, 0.4) is 0 Å². The Hall–Kier alpha value is -2.30. The van der Waals surface area contributed by atoms with Gasteiger partial charge in [-0.25, -0.2) is 4.99 Å². The van der Waals surface area contributed by atoms with Crippen molar-refractivity contribution in [2.75, 3.05) is 26.2 Å². The molecular weight excluding hydrogens is 471 g/mol. The molecule has 1 aromatic heterocycles. The summed E-state index contributed by atoms with van der Waals surface area (Å²) in [5.41, 5.74) is 0. The molecule has 8 nitrogen and oxygen atoms in total. The normalized spacial score (nSPS) is 15.5. The minimum atomic E-state index is -0.119.